The van der Waals surface area contributed by atoms with E-state index in [0.717, 1.165) is 31.5 Å². The van der Waals surface area contributed by atoms with Gasteiger partial charge in [-0.25, -0.2) is 0 Å². The second-order valence-electron chi connectivity index (χ2n) is 5.80. The van der Waals surface area contributed by atoms with Gasteiger partial charge in [0, 0.05) is 24.5 Å². The fourth-order valence-corrected chi connectivity index (χ4v) is 2.96. The molecule has 0 saturated heterocycles. The van der Waals surface area contributed by atoms with Gasteiger partial charge in [0.1, 0.15) is 0 Å². The lowest BCUT2D eigenvalue weighted by atomic mass is 10.0. The van der Waals surface area contributed by atoms with Gasteiger partial charge in [0.25, 0.3) is 0 Å². The molecule has 0 spiro atoms. The molecule has 1 rings (SSSR count). The van der Waals surface area contributed by atoms with Gasteiger partial charge in [-0.1, -0.05) is 38.7 Å². The van der Waals surface area contributed by atoms with Crippen LogP contribution in [0.2, 0.25) is 0 Å². The standard InChI is InChI=1S/C20H32N2/c1-8-12-19(11-4)22-15-13-16(5)20(18(22)7)21(14-9-2)17(6)10-3/h9-10,12,14,17H,3,7-8,11,13,15H2,1-2,4-6H3/b14-9+,19-12+. The summed E-state index contributed by atoms with van der Waals surface area (Å²) in [6.45, 7) is 20.3. The summed E-state index contributed by atoms with van der Waals surface area (Å²) >= 11 is 0. The van der Waals surface area contributed by atoms with Gasteiger partial charge in [0.15, 0.2) is 0 Å². The monoisotopic (exact) mass is 300 g/mol. The zero-order valence-corrected chi connectivity index (χ0v) is 15.0. The van der Waals surface area contributed by atoms with Crippen molar-refractivity contribution >= 4 is 0 Å². The lowest BCUT2D eigenvalue weighted by molar-refractivity contribution is 0.338. The molecule has 1 heterocycles. The molecule has 0 saturated carbocycles. The first-order chi connectivity index (χ1) is 10.5. The number of allylic oxidation sites excluding steroid dienone is 3. The van der Waals surface area contributed by atoms with Gasteiger partial charge >= 0.3 is 0 Å². The minimum Gasteiger partial charge on any atom is -0.344 e. The van der Waals surface area contributed by atoms with Crippen LogP contribution in [0.1, 0.15) is 53.9 Å². The summed E-state index contributed by atoms with van der Waals surface area (Å²) in [7, 11) is 0. The quantitative estimate of drug-likeness (QED) is 0.565. The second kappa shape index (κ2) is 8.67. The van der Waals surface area contributed by atoms with Crippen LogP contribution in [-0.2, 0) is 0 Å². The first-order valence-electron chi connectivity index (χ1n) is 8.40. The Bertz CT molecular complexity index is 494. The van der Waals surface area contributed by atoms with Crippen molar-refractivity contribution < 1.29 is 0 Å². The van der Waals surface area contributed by atoms with Gasteiger partial charge < -0.3 is 9.80 Å². The van der Waals surface area contributed by atoms with Crippen molar-refractivity contribution in [3.05, 3.63) is 60.3 Å². The smallest absolute Gasteiger partial charge is 0.0636 e. The molecule has 2 heteroatoms. The Morgan fingerprint density at radius 3 is 2.59 bits per heavy atom. The fraction of sp³-hybridized carbons (Fsp3) is 0.500. The van der Waals surface area contributed by atoms with E-state index in [-0.39, 0.29) is 6.04 Å². The molecule has 1 atom stereocenters. The van der Waals surface area contributed by atoms with Crippen LogP contribution in [-0.4, -0.2) is 22.4 Å². The molecule has 1 aliphatic heterocycles. The Hall–Kier alpha value is -1.70. The minimum absolute atomic E-state index is 0.248. The van der Waals surface area contributed by atoms with E-state index < -0.39 is 0 Å². The van der Waals surface area contributed by atoms with E-state index >= 15 is 0 Å². The molecule has 0 radical (unpaired) electrons. The zero-order valence-electron chi connectivity index (χ0n) is 15.0. The van der Waals surface area contributed by atoms with Crippen LogP contribution in [0.3, 0.4) is 0 Å². The highest BCUT2D eigenvalue weighted by Gasteiger charge is 2.26. The topological polar surface area (TPSA) is 6.48 Å². The first kappa shape index (κ1) is 18.3. The van der Waals surface area contributed by atoms with Crippen LogP contribution in [0, 0.1) is 0 Å². The minimum atomic E-state index is 0.248. The van der Waals surface area contributed by atoms with Crippen molar-refractivity contribution in [2.24, 2.45) is 0 Å². The molecule has 0 bridgehead atoms. The highest BCUT2D eigenvalue weighted by Crippen LogP contribution is 2.33. The Balaban J connectivity index is 3.24. The molecule has 2 nitrogen and oxygen atoms in total. The van der Waals surface area contributed by atoms with Gasteiger partial charge in [-0.15, -0.1) is 6.58 Å². The van der Waals surface area contributed by atoms with Crippen LogP contribution in [0.5, 0.6) is 0 Å². The summed E-state index contributed by atoms with van der Waals surface area (Å²) in [6.07, 6.45) is 11.7. The van der Waals surface area contributed by atoms with Gasteiger partial charge in [0.2, 0.25) is 0 Å². The lowest BCUT2D eigenvalue weighted by Gasteiger charge is -2.40. The molecule has 0 N–H and O–H groups in total. The molecule has 1 unspecified atom stereocenters. The van der Waals surface area contributed by atoms with Crippen LogP contribution in [0.15, 0.2) is 60.3 Å². The summed E-state index contributed by atoms with van der Waals surface area (Å²) in [4.78, 5) is 4.67. The third-order valence-corrected chi connectivity index (χ3v) is 4.21. The van der Waals surface area contributed by atoms with Gasteiger partial charge in [-0.05, 0) is 45.6 Å². The molecule has 22 heavy (non-hydrogen) atoms. The molecule has 1 aliphatic rings. The van der Waals surface area contributed by atoms with E-state index in [4.69, 9.17) is 0 Å². The van der Waals surface area contributed by atoms with Crippen molar-refractivity contribution in [1.82, 2.24) is 9.80 Å². The van der Waals surface area contributed by atoms with E-state index in [2.05, 4.69) is 75.9 Å². The molecule has 0 aliphatic carbocycles. The zero-order chi connectivity index (χ0) is 16.7. The Labute approximate surface area is 137 Å². The van der Waals surface area contributed by atoms with E-state index in [1.165, 1.54) is 17.0 Å². The molecule has 122 valence electrons. The largest absolute Gasteiger partial charge is 0.344 e. The Morgan fingerprint density at radius 1 is 1.41 bits per heavy atom. The van der Waals surface area contributed by atoms with Gasteiger partial charge in [-0.3, -0.25) is 0 Å². The number of nitrogens with zero attached hydrogens (tertiary/aromatic N) is 2. The van der Waals surface area contributed by atoms with Crippen LogP contribution in [0.4, 0.5) is 0 Å². The van der Waals surface area contributed by atoms with Crippen molar-refractivity contribution in [2.45, 2.75) is 59.9 Å². The van der Waals surface area contributed by atoms with Crippen molar-refractivity contribution in [2.75, 3.05) is 6.54 Å². The summed E-state index contributed by atoms with van der Waals surface area (Å²) < 4.78 is 0. The predicted octanol–water partition coefficient (Wildman–Crippen LogP) is 5.59. The van der Waals surface area contributed by atoms with Gasteiger partial charge in [0.05, 0.1) is 11.4 Å². The normalized spacial score (nSPS) is 18.1. The SMILES string of the molecule is C=CC(C)N(/C=C/C)C1=C(C)CCN(/C(=C/CC)CC)C1=C. The fourth-order valence-electron chi connectivity index (χ4n) is 2.96. The molecule has 0 aromatic heterocycles. The Morgan fingerprint density at radius 2 is 2.09 bits per heavy atom. The lowest BCUT2D eigenvalue weighted by Crippen LogP contribution is -2.36. The van der Waals surface area contributed by atoms with Crippen LogP contribution >= 0.6 is 0 Å². The maximum absolute atomic E-state index is 4.42. The number of hydrogen-bond acceptors (Lipinski definition) is 2. The van der Waals surface area contributed by atoms with Crippen molar-refractivity contribution in [3.63, 3.8) is 0 Å². The summed E-state index contributed by atoms with van der Waals surface area (Å²) in [6, 6.07) is 0.248. The molecule has 0 fully saturated rings. The van der Waals surface area contributed by atoms with Crippen LogP contribution < -0.4 is 0 Å². The van der Waals surface area contributed by atoms with Gasteiger partial charge in [-0.2, -0.15) is 0 Å². The van der Waals surface area contributed by atoms with E-state index in [0.29, 0.717) is 0 Å². The highest BCUT2D eigenvalue weighted by atomic mass is 15.2. The first-order valence-corrected chi connectivity index (χ1v) is 8.40. The molecule has 0 amide bonds. The average Bonchev–Trinajstić information content (AvgIpc) is 2.51. The molecule has 0 aromatic carbocycles. The summed E-state index contributed by atoms with van der Waals surface area (Å²) in [5, 5.41) is 0. The van der Waals surface area contributed by atoms with Crippen molar-refractivity contribution in [3.8, 4) is 0 Å². The summed E-state index contributed by atoms with van der Waals surface area (Å²) in [5.74, 6) is 0. The third kappa shape index (κ3) is 3.94. The highest BCUT2D eigenvalue weighted by molar-refractivity contribution is 5.38. The summed E-state index contributed by atoms with van der Waals surface area (Å²) in [5.41, 5.74) is 5.13. The second-order valence-corrected chi connectivity index (χ2v) is 5.80. The van der Waals surface area contributed by atoms with Crippen molar-refractivity contribution in [1.29, 1.82) is 0 Å². The number of hydrogen-bond donors (Lipinski definition) is 0. The Kier molecular flexibility index (Phi) is 7.23. The van der Waals surface area contributed by atoms with E-state index in [9.17, 15) is 0 Å². The molecular weight excluding hydrogens is 268 g/mol. The van der Waals surface area contributed by atoms with E-state index in [1.807, 2.05) is 6.08 Å². The number of rotatable bonds is 7. The van der Waals surface area contributed by atoms with E-state index in [1.54, 1.807) is 0 Å². The average molecular weight is 300 g/mol. The van der Waals surface area contributed by atoms with Crippen LogP contribution in [0.25, 0.3) is 0 Å². The molecule has 0 aromatic rings. The maximum Gasteiger partial charge on any atom is 0.0636 e. The predicted molar refractivity (Wildman–Crippen MR) is 98.1 cm³/mol. The third-order valence-electron chi connectivity index (χ3n) is 4.21. The molecular formula is C20H32N2. The maximum atomic E-state index is 4.42.